The van der Waals surface area contributed by atoms with Crippen LogP contribution in [0, 0.1) is 11.8 Å². The Balaban J connectivity index is 1.33. The summed E-state index contributed by atoms with van der Waals surface area (Å²) in [6, 6.07) is 9.63. The van der Waals surface area contributed by atoms with Gasteiger partial charge in [-0.2, -0.15) is 0 Å². The van der Waals surface area contributed by atoms with Crippen LogP contribution in [0.15, 0.2) is 34.2 Å². The smallest absolute Gasteiger partial charge is 0.303 e. The molecule has 2 saturated heterocycles. The molecule has 8 nitrogen and oxygen atoms in total. The number of oxime groups is 1. The van der Waals surface area contributed by atoms with Gasteiger partial charge >= 0.3 is 5.97 Å². The second-order valence-corrected chi connectivity index (χ2v) is 11.7. The van der Waals surface area contributed by atoms with E-state index in [9.17, 15) is 14.7 Å². The van der Waals surface area contributed by atoms with Crippen LogP contribution in [0.1, 0.15) is 88.8 Å². The molecule has 1 N–H and O–H groups in total. The van der Waals surface area contributed by atoms with Crippen LogP contribution in [0.5, 0.6) is 0 Å². The molecule has 37 heavy (non-hydrogen) atoms. The van der Waals surface area contributed by atoms with Crippen LogP contribution in [-0.4, -0.2) is 56.5 Å². The molecule has 1 aromatic carbocycles. The molecule has 4 bridgehead atoms. The summed E-state index contributed by atoms with van der Waals surface area (Å²) < 4.78 is 1.95. The molecule has 2 aliphatic heterocycles. The first-order chi connectivity index (χ1) is 18.0. The van der Waals surface area contributed by atoms with Gasteiger partial charge in [0.15, 0.2) is 5.69 Å². The van der Waals surface area contributed by atoms with Gasteiger partial charge in [-0.3, -0.25) is 14.5 Å². The number of aliphatic carboxylic acids is 1. The van der Waals surface area contributed by atoms with Crippen molar-refractivity contribution in [3.05, 3.63) is 40.3 Å². The molecule has 198 valence electrons. The van der Waals surface area contributed by atoms with Crippen LogP contribution in [-0.2, 0) is 9.63 Å². The van der Waals surface area contributed by atoms with Gasteiger partial charge < -0.3 is 14.5 Å². The number of piperidine rings is 1. The summed E-state index contributed by atoms with van der Waals surface area (Å²) in [5, 5.41) is 13.3. The van der Waals surface area contributed by atoms with E-state index >= 15 is 0 Å². The Hall–Kier alpha value is -2.74. The zero-order valence-corrected chi connectivity index (χ0v) is 21.7. The van der Waals surface area contributed by atoms with Gasteiger partial charge in [0.25, 0.3) is 5.56 Å². The lowest BCUT2D eigenvalue weighted by molar-refractivity contribution is -0.136. The lowest BCUT2D eigenvalue weighted by Gasteiger charge is -2.49. The van der Waals surface area contributed by atoms with E-state index < -0.39 is 5.97 Å². The first-order valence-corrected chi connectivity index (χ1v) is 14.1. The summed E-state index contributed by atoms with van der Waals surface area (Å²) in [7, 11) is 1.41. The molecule has 0 amide bonds. The summed E-state index contributed by atoms with van der Waals surface area (Å²) in [6.45, 7) is 0. The predicted octanol–water partition coefficient (Wildman–Crippen LogP) is 4.75. The van der Waals surface area contributed by atoms with Crippen LogP contribution < -0.4 is 5.56 Å². The summed E-state index contributed by atoms with van der Waals surface area (Å²) in [4.78, 5) is 37.8. The SMILES string of the molecule is CO/N=C(\CCC(=O)O)c1nc2ccccc2n(C2C[C@H]3CC[C@@H](C2)N3C2C[C@H]3CCC[C@@H](C2)C3)c1=O. The number of nitrogens with zero attached hydrogens (tertiary/aromatic N) is 4. The number of hydrogen-bond acceptors (Lipinski definition) is 6. The number of para-hydroxylation sites is 2. The van der Waals surface area contributed by atoms with Crippen LogP contribution in [0.4, 0.5) is 0 Å². The Morgan fingerprint density at radius 3 is 2.35 bits per heavy atom. The Kier molecular flexibility index (Phi) is 6.78. The van der Waals surface area contributed by atoms with Crippen molar-refractivity contribution in [3.8, 4) is 0 Å². The Labute approximate surface area is 217 Å². The minimum absolute atomic E-state index is 0.0947. The highest BCUT2D eigenvalue weighted by Crippen LogP contribution is 2.48. The van der Waals surface area contributed by atoms with Crippen molar-refractivity contribution in [2.75, 3.05) is 7.11 Å². The second-order valence-electron chi connectivity index (χ2n) is 11.7. The average molecular weight is 507 g/mol. The third-order valence-electron chi connectivity index (χ3n) is 9.50. The number of carboxylic acid groups (broad SMARTS) is 1. The van der Waals surface area contributed by atoms with Crippen molar-refractivity contribution >= 4 is 22.7 Å². The first kappa shape index (κ1) is 24.6. The average Bonchev–Trinajstić information content (AvgIpc) is 3.15. The van der Waals surface area contributed by atoms with Gasteiger partial charge in [0.1, 0.15) is 12.8 Å². The molecule has 1 aromatic heterocycles. The van der Waals surface area contributed by atoms with Gasteiger partial charge in [-0.15, -0.1) is 0 Å². The van der Waals surface area contributed by atoms with Gasteiger partial charge in [0.05, 0.1) is 17.5 Å². The summed E-state index contributed by atoms with van der Waals surface area (Å²) in [6.07, 6.45) is 12.7. The number of rotatable bonds is 7. The van der Waals surface area contributed by atoms with E-state index in [1.807, 2.05) is 28.8 Å². The number of aromatic nitrogens is 2. The minimum Gasteiger partial charge on any atom is -0.481 e. The Bertz CT molecular complexity index is 1230. The van der Waals surface area contributed by atoms with Crippen molar-refractivity contribution < 1.29 is 14.7 Å². The first-order valence-electron chi connectivity index (χ1n) is 14.1. The van der Waals surface area contributed by atoms with E-state index in [1.54, 1.807) is 0 Å². The molecule has 6 rings (SSSR count). The van der Waals surface area contributed by atoms with Crippen molar-refractivity contribution in [1.29, 1.82) is 0 Å². The van der Waals surface area contributed by atoms with E-state index in [2.05, 4.69) is 15.0 Å². The van der Waals surface area contributed by atoms with Crippen molar-refractivity contribution in [2.45, 2.75) is 101 Å². The predicted molar refractivity (Wildman–Crippen MR) is 142 cm³/mol. The Morgan fingerprint density at radius 2 is 1.68 bits per heavy atom. The monoisotopic (exact) mass is 506 g/mol. The fourth-order valence-corrected chi connectivity index (χ4v) is 8.18. The lowest BCUT2D eigenvalue weighted by Crippen LogP contribution is -2.52. The number of carboxylic acids is 1. The third kappa shape index (κ3) is 4.69. The fraction of sp³-hybridized carbons (Fsp3) is 0.655. The lowest BCUT2D eigenvalue weighted by atomic mass is 9.69. The standard InChI is InChI=1S/C29H38N4O4/c1-37-31-25(11-12-27(34)35)28-29(36)33(26-8-3-2-7-24(26)30-28)23-16-20-9-10-21(17-23)32(20)22-14-18-5-4-6-19(13-18)15-22/h2-3,7-8,18-23H,4-6,9-17H2,1H3,(H,34,35)/b31-25+/t18-,19+,20-,21+,22?,23?. The maximum Gasteiger partial charge on any atom is 0.303 e. The molecule has 8 heteroatoms. The van der Waals surface area contributed by atoms with E-state index in [4.69, 9.17) is 4.84 Å². The molecule has 0 radical (unpaired) electrons. The molecule has 2 aliphatic carbocycles. The van der Waals surface area contributed by atoms with Crippen LogP contribution in [0.25, 0.3) is 11.0 Å². The summed E-state index contributed by atoms with van der Waals surface area (Å²) in [5.41, 5.74) is 1.88. The molecule has 3 heterocycles. The highest BCUT2D eigenvalue weighted by Gasteiger charge is 2.47. The third-order valence-corrected chi connectivity index (χ3v) is 9.50. The number of hydrogen-bond donors (Lipinski definition) is 1. The van der Waals surface area contributed by atoms with Crippen molar-refractivity contribution in [2.24, 2.45) is 17.0 Å². The molecule has 4 aliphatic rings. The number of benzene rings is 1. The van der Waals surface area contributed by atoms with Gasteiger partial charge in [0.2, 0.25) is 0 Å². The molecule has 2 aromatic rings. The van der Waals surface area contributed by atoms with Gasteiger partial charge in [-0.1, -0.05) is 36.6 Å². The van der Waals surface area contributed by atoms with E-state index in [1.165, 1.54) is 58.5 Å². The van der Waals surface area contributed by atoms with Gasteiger partial charge in [0, 0.05) is 30.6 Å². The molecule has 6 atom stereocenters. The zero-order valence-electron chi connectivity index (χ0n) is 21.7. The summed E-state index contributed by atoms with van der Waals surface area (Å²) in [5.74, 6) is 0.877. The second kappa shape index (κ2) is 10.2. The summed E-state index contributed by atoms with van der Waals surface area (Å²) >= 11 is 0. The van der Waals surface area contributed by atoms with E-state index in [-0.39, 0.29) is 30.1 Å². The number of carbonyl (C=O) groups is 1. The maximum atomic E-state index is 14.0. The largest absolute Gasteiger partial charge is 0.481 e. The van der Waals surface area contributed by atoms with Crippen molar-refractivity contribution in [3.63, 3.8) is 0 Å². The highest BCUT2D eigenvalue weighted by atomic mass is 16.6. The van der Waals surface area contributed by atoms with Crippen molar-refractivity contribution in [1.82, 2.24) is 14.5 Å². The quantitative estimate of drug-likeness (QED) is 0.430. The van der Waals surface area contributed by atoms with Crippen LogP contribution >= 0.6 is 0 Å². The molecule has 2 unspecified atom stereocenters. The van der Waals surface area contributed by atoms with Crippen LogP contribution in [0.2, 0.25) is 0 Å². The van der Waals surface area contributed by atoms with E-state index in [0.717, 1.165) is 35.7 Å². The highest BCUT2D eigenvalue weighted by molar-refractivity contribution is 6.00. The Morgan fingerprint density at radius 1 is 0.973 bits per heavy atom. The van der Waals surface area contributed by atoms with Crippen LogP contribution in [0.3, 0.4) is 0 Å². The topological polar surface area (TPSA) is 97.0 Å². The van der Waals surface area contributed by atoms with Gasteiger partial charge in [-0.25, -0.2) is 4.98 Å². The fourth-order valence-electron chi connectivity index (χ4n) is 8.18. The van der Waals surface area contributed by atoms with E-state index in [0.29, 0.717) is 23.8 Å². The molecular formula is C29H38N4O4. The normalized spacial score (nSPS) is 32.0. The molecule has 0 spiro atoms. The number of fused-ring (bicyclic) bond motifs is 5. The maximum absolute atomic E-state index is 14.0. The molecule has 2 saturated carbocycles. The molecule has 4 fully saturated rings. The zero-order chi connectivity index (χ0) is 25.5. The minimum atomic E-state index is -0.944. The van der Waals surface area contributed by atoms with Gasteiger partial charge in [-0.05, 0) is 68.9 Å². The molecular weight excluding hydrogens is 468 g/mol.